The molecule has 1 aliphatic rings. The maximum absolute atomic E-state index is 13.2. The lowest BCUT2D eigenvalue weighted by atomic mass is 9.97. The fourth-order valence-electron chi connectivity index (χ4n) is 4.07. The van der Waals surface area contributed by atoms with Gasteiger partial charge in [-0.05, 0) is 76.5 Å². The standard InChI is InChI=1S/C22H29FN4O2/c1-15-13-20(16(2)27(15)19-8-6-18(23)7-9-19)22(29)25-10-4-12-26-11-3-5-17(14-26)21(24)28/h6-9,13,17H,3-5,10-12,14H2,1-2H3,(H2,24,28)(H,25,29). The van der Waals surface area contributed by atoms with Crippen molar-refractivity contribution in [3.05, 3.63) is 53.1 Å². The average molecular weight is 400 g/mol. The zero-order valence-corrected chi connectivity index (χ0v) is 17.1. The number of primary amides is 1. The number of halogens is 1. The van der Waals surface area contributed by atoms with Gasteiger partial charge in [0.1, 0.15) is 5.82 Å². The minimum absolute atomic E-state index is 0.0600. The second-order valence-electron chi connectivity index (χ2n) is 7.75. The van der Waals surface area contributed by atoms with Crippen molar-refractivity contribution in [3.8, 4) is 5.69 Å². The summed E-state index contributed by atoms with van der Waals surface area (Å²) in [5, 5.41) is 2.98. The van der Waals surface area contributed by atoms with E-state index in [0.29, 0.717) is 18.7 Å². The first-order chi connectivity index (χ1) is 13.9. The number of piperidine rings is 1. The maximum atomic E-state index is 13.2. The fourth-order valence-corrected chi connectivity index (χ4v) is 4.07. The molecule has 2 aromatic rings. The Hall–Kier alpha value is -2.67. The highest BCUT2D eigenvalue weighted by Gasteiger charge is 2.23. The van der Waals surface area contributed by atoms with Crippen LogP contribution in [0.5, 0.6) is 0 Å². The van der Waals surface area contributed by atoms with Crippen LogP contribution < -0.4 is 11.1 Å². The Morgan fingerprint density at radius 1 is 1.24 bits per heavy atom. The predicted octanol–water partition coefficient (Wildman–Crippen LogP) is 2.55. The minimum Gasteiger partial charge on any atom is -0.369 e. The van der Waals surface area contributed by atoms with E-state index in [-0.39, 0.29) is 23.5 Å². The summed E-state index contributed by atoms with van der Waals surface area (Å²) in [5.41, 5.74) is 8.62. The molecule has 0 aliphatic carbocycles. The van der Waals surface area contributed by atoms with Crippen molar-refractivity contribution in [1.29, 1.82) is 0 Å². The smallest absolute Gasteiger partial charge is 0.253 e. The first-order valence-electron chi connectivity index (χ1n) is 10.1. The van der Waals surface area contributed by atoms with Crippen molar-refractivity contribution in [2.24, 2.45) is 11.7 Å². The SMILES string of the molecule is Cc1cc(C(=O)NCCCN2CCCC(C(N)=O)C2)c(C)n1-c1ccc(F)cc1. The van der Waals surface area contributed by atoms with Gasteiger partial charge >= 0.3 is 0 Å². The van der Waals surface area contributed by atoms with E-state index in [2.05, 4.69) is 10.2 Å². The first kappa shape index (κ1) is 21.0. The number of carbonyl (C=O) groups is 2. The quantitative estimate of drug-likeness (QED) is 0.701. The van der Waals surface area contributed by atoms with Crippen molar-refractivity contribution in [1.82, 2.24) is 14.8 Å². The Balaban J connectivity index is 1.54. The molecular formula is C22H29FN4O2. The van der Waals surface area contributed by atoms with Crippen LogP contribution in [0.2, 0.25) is 0 Å². The molecular weight excluding hydrogens is 371 g/mol. The van der Waals surface area contributed by atoms with Crippen molar-refractivity contribution in [2.45, 2.75) is 33.1 Å². The van der Waals surface area contributed by atoms with Crippen molar-refractivity contribution in [3.63, 3.8) is 0 Å². The number of nitrogens with zero attached hydrogens (tertiary/aromatic N) is 2. The molecule has 156 valence electrons. The monoisotopic (exact) mass is 400 g/mol. The average Bonchev–Trinajstić information content (AvgIpc) is 3.00. The van der Waals surface area contributed by atoms with Crippen LogP contribution in [0.4, 0.5) is 4.39 Å². The number of carbonyl (C=O) groups excluding carboxylic acids is 2. The third-order valence-corrected chi connectivity index (χ3v) is 5.61. The number of nitrogens with two attached hydrogens (primary N) is 1. The molecule has 1 unspecified atom stereocenters. The van der Waals surface area contributed by atoms with E-state index >= 15 is 0 Å². The molecule has 2 heterocycles. The highest BCUT2D eigenvalue weighted by Crippen LogP contribution is 2.21. The van der Waals surface area contributed by atoms with E-state index in [1.807, 2.05) is 24.5 Å². The summed E-state index contributed by atoms with van der Waals surface area (Å²) in [6.07, 6.45) is 2.66. The summed E-state index contributed by atoms with van der Waals surface area (Å²) in [4.78, 5) is 26.3. The molecule has 1 aromatic carbocycles. The zero-order chi connectivity index (χ0) is 21.0. The van der Waals surface area contributed by atoms with E-state index in [0.717, 1.165) is 49.4 Å². The predicted molar refractivity (Wildman–Crippen MR) is 111 cm³/mol. The van der Waals surface area contributed by atoms with Gasteiger partial charge in [-0.15, -0.1) is 0 Å². The van der Waals surface area contributed by atoms with E-state index in [1.165, 1.54) is 12.1 Å². The molecule has 0 saturated carbocycles. The van der Waals surface area contributed by atoms with Gasteiger partial charge in [0.2, 0.25) is 5.91 Å². The molecule has 0 bridgehead atoms. The van der Waals surface area contributed by atoms with Crippen LogP contribution in [-0.2, 0) is 4.79 Å². The minimum atomic E-state index is -0.287. The third-order valence-electron chi connectivity index (χ3n) is 5.61. The van der Waals surface area contributed by atoms with Gasteiger partial charge in [0.15, 0.2) is 0 Å². The number of nitrogens with one attached hydrogen (secondary N) is 1. The molecule has 3 rings (SSSR count). The lowest BCUT2D eigenvalue weighted by molar-refractivity contribution is -0.123. The number of rotatable bonds is 7. The molecule has 1 aliphatic heterocycles. The Labute approximate surface area is 170 Å². The van der Waals surface area contributed by atoms with Crippen molar-refractivity contribution >= 4 is 11.8 Å². The van der Waals surface area contributed by atoms with Crippen LogP contribution in [-0.4, -0.2) is 47.5 Å². The fraction of sp³-hybridized carbons (Fsp3) is 0.455. The first-order valence-corrected chi connectivity index (χ1v) is 10.1. The van der Waals surface area contributed by atoms with E-state index in [1.54, 1.807) is 12.1 Å². The third kappa shape index (κ3) is 5.03. The lowest BCUT2D eigenvalue weighted by Gasteiger charge is -2.31. The molecule has 1 aromatic heterocycles. The number of hydrogen-bond acceptors (Lipinski definition) is 3. The Kier molecular flexibility index (Phi) is 6.69. The summed E-state index contributed by atoms with van der Waals surface area (Å²) < 4.78 is 15.2. The van der Waals surface area contributed by atoms with Crippen LogP contribution in [0.1, 0.15) is 41.0 Å². The molecule has 1 saturated heterocycles. The molecule has 0 spiro atoms. The lowest BCUT2D eigenvalue weighted by Crippen LogP contribution is -2.42. The summed E-state index contributed by atoms with van der Waals surface area (Å²) in [6.45, 7) is 6.90. The molecule has 2 amide bonds. The van der Waals surface area contributed by atoms with Crippen LogP contribution in [0.3, 0.4) is 0 Å². The highest BCUT2D eigenvalue weighted by atomic mass is 19.1. The number of aryl methyl sites for hydroxylation is 1. The summed E-state index contributed by atoms with van der Waals surface area (Å²) in [5.74, 6) is -0.681. The number of benzene rings is 1. The van der Waals surface area contributed by atoms with Gasteiger partial charge in [-0.25, -0.2) is 4.39 Å². The van der Waals surface area contributed by atoms with E-state index in [9.17, 15) is 14.0 Å². The van der Waals surface area contributed by atoms with Crippen molar-refractivity contribution in [2.75, 3.05) is 26.2 Å². The molecule has 7 heteroatoms. The van der Waals surface area contributed by atoms with Crippen LogP contribution in [0.15, 0.2) is 30.3 Å². The zero-order valence-electron chi connectivity index (χ0n) is 17.1. The number of likely N-dealkylation sites (tertiary alicyclic amines) is 1. The van der Waals surface area contributed by atoms with Gasteiger partial charge in [0.05, 0.1) is 11.5 Å². The number of hydrogen-bond donors (Lipinski definition) is 2. The van der Waals surface area contributed by atoms with Crippen LogP contribution in [0, 0.1) is 25.6 Å². The van der Waals surface area contributed by atoms with E-state index in [4.69, 9.17) is 5.73 Å². The van der Waals surface area contributed by atoms with E-state index < -0.39 is 0 Å². The second-order valence-corrected chi connectivity index (χ2v) is 7.75. The Morgan fingerprint density at radius 2 is 1.97 bits per heavy atom. The van der Waals surface area contributed by atoms with Gasteiger partial charge < -0.3 is 20.5 Å². The topological polar surface area (TPSA) is 80.4 Å². The molecule has 6 nitrogen and oxygen atoms in total. The normalized spacial score (nSPS) is 17.3. The Morgan fingerprint density at radius 3 is 2.66 bits per heavy atom. The van der Waals surface area contributed by atoms with Gasteiger partial charge in [-0.1, -0.05) is 0 Å². The number of aromatic nitrogens is 1. The van der Waals surface area contributed by atoms with Gasteiger partial charge in [-0.3, -0.25) is 9.59 Å². The van der Waals surface area contributed by atoms with Gasteiger partial charge in [-0.2, -0.15) is 0 Å². The van der Waals surface area contributed by atoms with Gasteiger partial charge in [0.25, 0.3) is 5.91 Å². The molecule has 1 atom stereocenters. The summed E-state index contributed by atoms with van der Waals surface area (Å²) in [6, 6.07) is 8.09. The molecule has 1 fully saturated rings. The Bertz CT molecular complexity index is 876. The molecule has 0 radical (unpaired) electrons. The molecule has 29 heavy (non-hydrogen) atoms. The molecule has 3 N–H and O–H groups in total. The number of amides is 2. The second kappa shape index (κ2) is 9.22. The summed E-state index contributed by atoms with van der Waals surface area (Å²) >= 11 is 0. The van der Waals surface area contributed by atoms with Crippen LogP contribution in [0.25, 0.3) is 5.69 Å². The van der Waals surface area contributed by atoms with Gasteiger partial charge in [0, 0.05) is 30.2 Å². The van der Waals surface area contributed by atoms with Crippen molar-refractivity contribution < 1.29 is 14.0 Å². The summed E-state index contributed by atoms with van der Waals surface area (Å²) in [7, 11) is 0. The highest BCUT2D eigenvalue weighted by molar-refractivity contribution is 5.95. The maximum Gasteiger partial charge on any atom is 0.253 e. The van der Waals surface area contributed by atoms with Crippen LogP contribution >= 0.6 is 0 Å². The largest absolute Gasteiger partial charge is 0.369 e.